The standard InChI is InChI=1S/C12H16O7/c1-5-8(14)6(2)12(4-15-7(3)13)11-16-10(18-19-11)9(5)17-12/h5-6,9-11H,4H2,1-3H3/t5-,6+,9+,10+,11-,12-/m0/s1. The van der Waals surface area contributed by atoms with Crippen LogP contribution in [0.4, 0.5) is 0 Å². The van der Waals surface area contributed by atoms with Crippen LogP contribution in [0, 0.1) is 11.8 Å². The molecule has 0 aromatic heterocycles. The van der Waals surface area contributed by atoms with Crippen LogP contribution in [0.5, 0.6) is 0 Å². The van der Waals surface area contributed by atoms with E-state index in [-0.39, 0.29) is 18.3 Å². The summed E-state index contributed by atoms with van der Waals surface area (Å²) in [6.07, 6.45) is -2.11. The molecule has 0 spiro atoms. The third-order valence-electron chi connectivity index (χ3n) is 4.12. The van der Waals surface area contributed by atoms with Crippen LogP contribution in [-0.4, -0.2) is 42.6 Å². The fraction of sp³-hybridized carbons (Fsp3) is 0.833. The number of carbonyl (C=O) groups excluding carboxylic acids is 2. The lowest BCUT2D eigenvalue weighted by molar-refractivity contribution is -0.325. The maximum Gasteiger partial charge on any atom is 0.302 e. The smallest absolute Gasteiger partial charge is 0.302 e. The molecule has 3 aliphatic heterocycles. The van der Waals surface area contributed by atoms with E-state index in [2.05, 4.69) is 0 Å². The summed E-state index contributed by atoms with van der Waals surface area (Å²) >= 11 is 0. The number of rotatable bonds is 2. The van der Waals surface area contributed by atoms with E-state index in [0.717, 1.165) is 0 Å². The molecular formula is C12H16O7. The quantitative estimate of drug-likeness (QED) is 0.523. The Morgan fingerprint density at radius 2 is 2.11 bits per heavy atom. The van der Waals surface area contributed by atoms with Gasteiger partial charge in [-0.2, -0.15) is 9.78 Å². The van der Waals surface area contributed by atoms with Crippen molar-refractivity contribution in [3.63, 3.8) is 0 Å². The molecule has 6 atom stereocenters. The molecule has 0 amide bonds. The van der Waals surface area contributed by atoms with Crippen molar-refractivity contribution in [1.29, 1.82) is 0 Å². The van der Waals surface area contributed by atoms with Crippen LogP contribution in [0.2, 0.25) is 0 Å². The van der Waals surface area contributed by atoms with Crippen LogP contribution in [0.3, 0.4) is 0 Å². The van der Waals surface area contributed by atoms with E-state index < -0.39 is 36.2 Å². The van der Waals surface area contributed by atoms with Gasteiger partial charge in [0.25, 0.3) is 0 Å². The highest BCUT2D eigenvalue weighted by atomic mass is 17.3. The normalized spacial score (nSPS) is 48.2. The molecule has 106 valence electrons. The van der Waals surface area contributed by atoms with Crippen molar-refractivity contribution < 1.29 is 33.6 Å². The zero-order valence-corrected chi connectivity index (χ0v) is 11.0. The largest absolute Gasteiger partial charge is 0.463 e. The predicted molar refractivity (Wildman–Crippen MR) is 58.4 cm³/mol. The number of ketones is 1. The lowest BCUT2D eigenvalue weighted by atomic mass is 9.75. The molecule has 4 bridgehead atoms. The number of Topliss-reactive ketones (excluding diaryl/α,β-unsaturated/α-hetero) is 1. The first-order valence-corrected chi connectivity index (χ1v) is 6.28. The fourth-order valence-electron chi connectivity index (χ4n) is 2.85. The Hall–Kier alpha value is -1.02. The molecule has 0 aliphatic carbocycles. The minimum atomic E-state index is -1.13. The van der Waals surface area contributed by atoms with Crippen molar-refractivity contribution in [3.05, 3.63) is 0 Å². The Kier molecular flexibility index (Phi) is 2.90. The highest BCUT2D eigenvalue weighted by Crippen LogP contribution is 2.47. The first kappa shape index (κ1) is 13.0. The van der Waals surface area contributed by atoms with Crippen LogP contribution < -0.4 is 0 Å². The number of carbonyl (C=O) groups is 2. The van der Waals surface area contributed by atoms with Crippen LogP contribution in [0.15, 0.2) is 0 Å². The second-order valence-corrected chi connectivity index (χ2v) is 5.26. The molecule has 0 N–H and O–H groups in total. The summed E-state index contributed by atoms with van der Waals surface area (Å²) in [5.41, 5.74) is -1.13. The third kappa shape index (κ3) is 1.73. The lowest BCUT2D eigenvalue weighted by Gasteiger charge is -2.50. The molecule has 3 rings (SSSR count). The van der Waals surface area contributed by atoms with Crippen molar-refractivity contribution in [2.24, 2.45) is 11.8 Å². The van der Waals surface area contributed by atoms with Gasteiger partial charge >= 0.3 is 5.97 Å². The Labute approximate surface area is 110 Å². The monoisotopic (exact) mass is 272 g/mol. The van der Waals surface area contributed by atoms with Crippen LogP contribution in [0.1, 0.15) is 20.8 Å². The Morgan fingerprint density at radius 1 is 1.37 bits per heavy atom. The Morgan fingerprint density at radius 3 is 2.79 bits per heavy atom. The molecule has 19 heavy (non-hydrogen) atoms. The third-order valence-corrected chi connectivity index (χ3v) is 4.12. The number of ether oxygens (including phenoxy) is 3. The number of hydrogen-bond acceptors (Lipinski definition) is 7. The van der Waals surface area contributed by atoms with E-state index in [1.165, 1.54) is 6.92 Å². The second kappa shape index (κ2) is 4.24. The van der Waals surface area contributed by atoms with Crippen LogP contribution in [-0.2, 0) is 33.6 Å². The minimum Gasteiger partial charge on any atom is -0.463 e. The summed E-state index contributed by atoms with van der Waals surface area (Å²) in [7, 11) is 0. The van der Waals surface area contributed by atoms with Gasteiger partial charge < -0.3 is 14.2 Å². The zero-order valence-electron chi connectivity index (χ0n) is 11.0. The minimum absolute atomic E-state index is 0.0378. The summed E-state index contributed by atoms with van der Waals surface area (Å²) in [5.74, 6) is -1.27. The van der Waals surface area contributed by atoms with E-state index in [4.69, 9.17) is 24.0 Å². The molecular weight excluding hydrogens is 256 g/mol. The highest BCUT2D eigenvalue weighted by Gasteiger charge is 2.66. The molecule has 0 unspecified atom stereocenters. The summed E-state index contributed by atoms with van der Waals surface area (Å²) in [5, 5.41) is 0. The van der Waals surface area contributed by atoms with E-state index >= 15 is 0 Å². The molecule has 0 radical (unpaired) electrons. The van der Waals surface area contributed by atoms with Crippen LogP contribution in [0.25, 0.3) is 0 Å². The van der Waals surface area contributed by atoms with Crippen molar-refractivity contribution >= 4 is 11.8 Å². The highest BCUT2D eigenvalue weighted by molar-refractivity contribution is 5.85. The molecule has 3 heterocycles. The SMILES string of the molecule is CC(=O)OC[C@@]12O[C@@H]([C@H]3OO[C@@H]1O3)[C@@H](C)C(=O)[C@H]2C. The van der Waals surface area contributed by atoms with Gasteiger partial charge in [-0.3, -0.25) is 9.59 Å². The van der Waals surface area contributed by atoms with Gasteiger partial charge in [0.15, 0.2) is 5.60 Å². The number of esters is 1. The van der Waals surface area contributed by atoms with Crippen LogP contribution >= 0.6 is 0 Å². The van der Waals surface area contributed by atoms with Gasteiger partial charge in [0.1, 0.15) is 18.5 Å². The summed E-state index contributed by atoms with van der Waals surface area (Å²) < 4.78 is 16.6. The van der Waals surface area contributed by atoms with Crippen molar-refractivity contribution in [1.82, 2.24) is 0 Å². The molecule has 3 saturated heterocycles. The second-order valence-electron chi connectivity index (χ2n) is 5.26. The average Bonchev–Trinajstić information content (AvgIpc) is 2.81. The van der Waals surface area contributed by atoms with Gasteiger partial charge in [-0.25, -0.2) is 0 Å². The van der Waals surface area contributed by atoms with Gasteiger partial charge in [0, 0.05) is 12.8 Å². The topological polar surface area (TPSA) is 80.3 Å². The van der Waals surface area contributed by atoms with E-state index in [9.17, 15) is 9.59 Å². The van der Waals surface area contributed by atoms with Gasteiger partial charge in [0.05, 0.1) is 5.92 Å². The predicted octanol–water partition coefficient (Wildman–Crippen LogP) is 0.173. The molecule has 7 nitrogen and oxygen atoms in total. The Bertz CT molecular complexity index is 422. The molecule has 0 saturated carbocycles. The summed E-state index contributed by atoms with van der Waals surface area (Å²) in [6.45, 7) is 4.69. The first-order chi connectivity index (χ1) is 8.95. The molecule has 7 heteroatoms. The molecule has 0 aromatic rings. The summed E-state index contributed by atoms with van der Waals surface area (Å²) in [6, 6.07) is 0. The van der Waals surface area contributed by atoms with E-state index in [1.54, 1.807) is 13.8 Å². The lowest BCUT2D eigenvalue weighted by Crippen LogP contribution is -2.68. The Balaban J connectivity index is 1.94. The van der Waals surface area contributed by atoms with Crippen molar-refractivity contribution in [2.75, 3.05) is 6.61 Å². The van der Waals surface area contributed by atoms with Gasteiger partial charge in [0.2, 0.25) is 12.6 Å². The fourth-order valence-corrected chi connectivity index (χ4v) is 2.85. The average molecular weight is 272 g/mol. The van der Waals surface area contributed by atoms with E-state index in [0.29, 0.717) is 0 Å². The maximum absolute atomic E-state index is 12.3. The van der Waals surface area contributed by atoms with Gasteiger partial charge in [-0.15, -0.1) is 0 Å². The molecule has 3 fully saturated rings. The molecule has 3 aliphatic rings. The van der Waals surface area contributed by atoms with Crippen molar-refractivity contribution in [2.45, 2.75) is 45.1 Å². The number of hydrogen-bond donors (Lipinski definition) is 0. The molecule has 0 aromatic carbocycles. The van der Waals surface area contributed by atoms with Gasteiger partial charge in [-0.1, -0.05) is 13.8 Å². The summed E-state index contributed by atoms with van der Waals surface area (Å²) in [4.78, 5) is 33.5. The van der Waals surface area contributed by atoms with Crippen molar-refractivity contribution in [3.8, 4) is 0 Å². The van der Waals surface area contributed by atoms with E-state index in [1.807, 2.05) is 0 Å². The van der Waals surface area contributed by atoms with Gasteiger partial charge in [-0.05, 0) is 0 Å². The number of fused-ring (bicyclic) bond motifs is 6. The zero-order chi connectivity index (χ0) is 13.8. The maximum atomic E-state index is 12.3. The first-order valence-electron chi connectivity index (χ1n) is 6.28.